The summed E-state index contributed by atoms with van der Waals surface area (Å²) in [5.41, 5.74) is 5.72. The van der Waals surface area contributed by atoms with E-state index < -0.39 is 0 Å². The number of nitrogens with two attached hydrogens (primary N) is 1. The molecule has 2 aliphatic rings. The first-order valence-corrected chi connectivity index (χ1v) is 6.25. The maximum atomic E-state index is 11.7. The van der Waals surface area contributed by atoms with Gasteiger partial charge in [-0.1, -0.05) is 25.7 Å². The molecular formula is C12H22N2O. The van der Waals surface area contributed by atoms with Crippen LogP contribution in [0.5, 0.6) is 0 Å². The van der Waals surface area contributed by atoms with E-state index in [2.05, 4.69) is 5.32 Å². The van der Waals surface area contributed by atoms with Crippen LogP contribution in [0, 0.1) is 5.92 Å². The van der Waals surface area contributed by atoms with Gasteiger partial charge in [0.05, 0.1) is 5.54 Å². The van der Waals surface area contributed by atoms with Crippen LogP contribution in [0.3, 0.4) is 0 Å². The molecule has 0 saturated heterocycles. The van der Waals surface area contributed by atoms with Crippen molar-refractivity contribution in [3.63, 3.8) is 0 Å². The number of rotatable bonds is 5. The fraction of sp³-hybridized carbons (Fsp3) is 0.917. The summed E-state index contributed by atoms with van der Waals surface area (Å²) in [6, 6.07) is 0. The normalized spacial score (nSPS) is 24.1. The second-order valence-corrected chi connectivity index (χ2v) is 5.22. The lowest BCUT2D eigenvalue weighted by Gasteiger charge is -2.28. The number of hydrogen-bond acceptors (Lipinski definition) is 2. The van der Waals surface area contributed by atoms with E-state index in [1.165, 1.54) is 25.7 Å². The van der Waals surface area contributed by atoms with Crippen LogP contribution in [0.4, 0.5) is 0 Å². The van der Waals surface area contributed by atoms with Crippen LogP contribution >= 0.6 is 0 Å². The number of carbonyl (C=O) groups excluding carboxylic acids is 1. The smallest absolute Gasteiger partial charge is 0.220 e. The van der Waals surface area contributed by atoms with Gasteiger partial charge in [0.1, 0.15) is 0 Å². The standard InChI is InChI=1S/C12H22N2O/c13-9-12(7-1-2-8-12)14-11(15)6-5-10-3-4-10/h10H,1-9,13H2,(H,14,15). The van der Waals surface area contributed by atoms with Crippen LogP contribution in [0.15, 0.2) is 0 Å². The Morgan fingerprint density at radius 2 is 2.00 bits per heavy atom. The van der Waals surface area contributed by atoms with Crippen LogP contribution in [-0.4, -0.2) is 18.0 Å². The third-order valence-corrected chi connectivity index (χ3v) is 3.83. The van der Waals surface area contributed by atoms with Crippen molar-refractivity contribution in [2.24, 2.45) is 11.7 Å². The topological polar surface area (TPSA) is 55.1 Å². The molecule has 0 unspecified atom stereocenters. The largest absolute Gasteiger partial charge is 0.349 e. The van der Waals surface area contributed by atoms with Crippen LogP contribution in [0.25, 0.3) is 0 Å². The molecule has 2 rings (SSSR count). The summed E-state index contributed by atoms with van der Waals surface area (Å²) in [6.07, 6.45) is 8.99. The minimum absolute atomic E-state index is 0.0549. The first kappa shape index (κ1) is 10.9. The van der Waals surface area contributed by atoms with Crippen LogP contribution in [0.2, 0.25) is 0 Å². The lowest BCUT2D eigenvalue weighted by Crippen LogP contribution is -2.51. The van der Waals surface area contributed by atoms with Crippen molar-refractivity contribution in [1.29, 1.82) is 0 Å². The Morgan fingerprint density at radius 3 is 2.53 bits per heavy atom. The summed E-state index contributed by atoms with van der Waals surface area (Å²) in [5.74, 6) is 1.06. The van der Waals surface area contributed by atoms with Crippen molar-refractivity contribution in [3.05, 3.63) is 0 Å². The molecule has 3 heteroatoms. The van der Waals surface area contributed by atoms with Crippen molar-refractivity contribution < 1.29 is 4.79 Å². The zero-order chi connectivity index (χ0) is 10.7. The minimum atomic E-state index is -0.0549. The van der Waals surface area contributed by atoms with E-state index in [0.717, 1.165) is 25.2 Å². The second-order valence-electron chi connectivity index (χ2n) is 5.22. The van der Waals surface area contributed by atoms with Crippen LogP contribution in [-0.2, 0) is 4.79 Å². The molecule has 86 valence electrons. The fourth-order valence-electron chi connectivity index (χ4n) is 2.53. The zero-order valence-corrected chi connectivity index (χ0v) is 9.43. The van der Waals surface area contributed by atoms with E-state index in [9.17, 15) is 4.79 Å². The van der Waals surface area contributed by atoms with E-state index >= 15 is 0 Å². The Morgan fingerprint density at radius 1 is 1.33 bits per heavy atom. The maximum absolute atomic E-state index is 11.7. The summed E-state index contributed by atoms with van der Waals surface area (Å²) >= 11 is 0. The second kappa shape index (κ2) is 4.52. The number of amides is 1. The number of carbonyl (C=O) groups is 1. The van der Waals surface area contributed by atoms with E-state index in [0.29, 0.717) is 13.0 Å². The third kappa shape index (κ3) is 2.94. The Hall–Kier alpha value is -0.570. The molecule has 0 aromatic heterocycles. The summed E-state index contributed by atoms with van der Waals surface area (Å²) in [5, 5.41) is 3.16. The molecular weight excluding hydrogens is 188 g/mol. The van der Waals surface area contributed by atoms with Crippen molar-refractivity contribution in [3.8, 4) is 0 Å². The van der Waals surface area contributed by atoms with Crippen molar-refractivity contribution in [1.82, 2.24) is 5.32 Å². The summed E-state index contributed by atoms with van der Waals surface area (Å²) in [6.45, 7) is 0.599. The first-order valence-electron chi connectivity index (χ1n) is 6.25. The molecule has 15 heavy (non-hydrogen) atoms. The first-order chi connectivity index (χ1) is 7.24. The fourth-order valence-corrected chi connectivity index (χ4v) is 2.53. The van der Waals surface area contributed by atoms with Gasteiger partial charge in [-0.25, -0.2) is 0 Å². The molecule has 2 saturated carbocycles. The maximum Gasteiger partial charge on any atom is 0.220 e. The van der Waals surface area contributed by atoms with Gasteiger partial charge in [-0.05, 0) is 25.2 Å². The van der Waals surface area contributed by atoms with E-state index in [-0.39, 0.29) is 11.4 Å². The van der Waals surface area contributed by atoms with E-state index in [1.54, 1.807) is 0 Å². The van der Waals surface area contributed by atoms with Gasteiger partial charge >= 0.3 is 0 Å². The highest BCUT2D eigenvalue weighted by Gasteiger charge is 2.34. The molecule has 1 amide bonds. The number of hydrogen-bond donors (Lipinski definition) is 2. The summed E-state index contributed by atoms with van der Waals surface area (Å²) < 4.78 is 0. The lowest BCUT2D eigenvalue weighted by molar-refractivity contribution is -0.123. The van der Waals surface area contributed by atoms with Gasteiger partial charge in [0, 0.05) is 13.0 Å². The lowest BCUT2D eigenvalue weighted by atomic mass is 9.97. The SMILES string of the molecule is NCC1(NC(=O)CCC2CC2)CCCC1. The van der Waals surface area contributed by atoms with Gasteiger partial charge in [-0.2, -0.15) is 0 Å². The Kier molecular flexibility index (Phi) is 3.29. The summed E-state index contributed by atoms with van der Waals surface area (Å²) in [4.78, 5) is 11.7. The molecule has 0 aliphatic heterocycles. The monoisotopic (exact) mass is 210 g/mol. The highest BCUT2D eigenvalue weighted by molar-refractivity contribution is 5.76. The van der Waals surface area contributed by atoms with Gasteiger partial charge in [-0.3, -0.25) is 4.79 Å². The van der Waals surface area contributed by atoms with Gasteiger partial charge in [0.2, 0.25) is 5.91 Å². The predicted octanol–water partition coefficient (Wildman–Crippen LogP) is 1.56. The molecule has 0 atom stereocenters. The summed E-state index contributed by atoms with van der Waals surface area (Å²) in [7, 11) is 0. The molecule has 0 heterocycles. The Balaban J connectivity index is 1.74. The van der Waals surface area contributed by atoms with Crippen LogP contribution in [0.1, 0.15) is 51.4 Å². The van der Waals surface area contributed by atoms with Gasteiger partial charge in [0.25, 0.3) is 0 Å². The minimum Gasteiger partial charge on any atom is -0.349 e. The van der Waals surface area contributed by atoms with Crippen molar-refractivity contribution in [2.75, 3.05) is 6.54 Å². The Bertz CT molecular complexity index is 230. The molecule has 0 spiro atoms. The average molecular weight is 210 g/mol. The van der Waals surface area contributed by atoms with Gasteiger partial charge in [-0.15, -0.1) is 0 Å². The average Bonchev–Trinajstić information content (AvgIpc) is 2.96. The molecule has 0 aromatic carbocycles. The zero-order valence-electron chi connectivity index (χ0n) is 9.43. The number of nitrogens with one attached hydrogen (secondary N) is 1. The molecule has 3 N–H and O–H groups in total. The van der Waals surface area contributed by atoms with Crippen molar-refractivity contribution >= 4 is 5.91 Å². The van der Waals surface area contributed by atoms with Gasteiger partial charge in [0.15, 0.2) is 0 Å². The predicted molar refractivity (Wildman–Crippen MR) is 60.4 cm³/mol. The molecule has 2 fully saturated rings. The molecule has 2 aliphatic carbocycles. The van der Waals surface area contributed by atoms with Crippen molar-refractivity contribution in [2.45, 2.75) is 56.9 Å². The highest BCUT2D eigenvalue weighted by atomic mass is 16.1. The molecule has 0 aromatic rings. The highest BCUT2D eigenvalue weighted by Crippen LogP contribution is 2.34. The van der Waals surface area contributed by atoms with E-state index in [4.69, 9.17) is 5.73 Å². The van der Waals surface area contributed by atoms with E-state index in [1.807, 2.05) is 0 Å². The van der Waals surface area contributed by atoms with Gasteiger partial charge < -0.3 is 11.1 Å². The third-order valence-electron chi connectivity index (χ3n) is 3.83. The van der Waals surface area contributed by atoms with Crippen LogP contribution < -0.4 is 11.1 Å². The molecule has 0 radical (unpaired) electrons. The molecule has 3 nitrogen and oxygen atoms in total. The Labute approximate surface area is 91.8 Å². The quantitative estimate of drug-likeness (QED) is 0.723. The molecule has 0 bridgehead atoms.